The van der Waals surface area contributed by atoms with Crippen LogP contribution in [0.15, 0.2) is 103 Å². The van der Waals surface area contributed by atoms with E-state index in [9.17, 15) is 9.59 Å². The molecule has 4 rings (SSSR count). The summed E-state index contributed by atoms with van der Waals surface area (Å²) in [7, 11) is 0. The molecule has 3 aromatic carbocycles. The van der Waals surface area contributed by atoms with Gasteiger partial charge < -0.3 is 18.9 Å². The predicted octanol–water partition coefficient (Wildman–Crippen LogP) is 4.57. The Balaban J connectivity index is 1.45. The van der Waals surface area contributed by atoms with Crippen molar-refractivity contribution in [3.05, 3.63) is 120 Å². The van der Waals surface area contributed by atoms with Crippen molar-refractivity contribution < 1.29 is 28.5 Å². The minimum Gasteiger partial charge on any atom is -0.491 e. The second-order valence-electron chi connectivity index (χ2n) is 7.46. The summed E-state index contributed by atoms with van der Waals surface area (Å²) in [6.07, 6.45) is 1.26. The Labute approximate surface area is 192 Å². The molecule has 0 radical (unpaired) electrons. The molecule has 0 aromatic heterocycles. The lowest BCUT2D eigenvalue weighted by atomic mass is 10.1. The summed E-state index contributed by atoms with van der Waals surface area (Å²) in [5.41, 5.74) is 1.81. The average molecular weight is 444 g/mol. The Kier molecular flexibility index (Phi) is 7.51. The standard InChI is InChI=1S/C27H24O6/c28-26(21-12-6-2-7-13-21)32-19-24(33-27(29)22-14-8-3-9-15-22)25-23(16-17-30-25)31-18-20-10-4-1-5-11-20/h1-17,23-25H,18-19H2/t23-,24?,25+/m1/s1. The molecule has 1 unspecified atom stereocenters. The van der Waals surface area contributed by atoms with Crippen LogP contribution in [0.2, 0.25) is 0 Å². The summed E-state index contributed by atoms with van der Waals surface area (Å²) in [6.45, 7) is 0.183. The Morgan fingerprint density at radius 1 is 0.788 bits per heavy atom. The quantitative estimate of drug-likeness (QED) is 0.451. The summed E-state index contributed by atoms with van der Waals surface area (Å²) in [4.78, 5) is 25.2. The van der Waals surface area contributed by atoms with E-state index >= 15 is 0 Å². The van der Waals surface area contributed by atoms with Crippen LogP contribution in [0, 0.1) is 0 Å². The van der Waals surface area contributed by atoms with E-state index < -0.39 is 30.3 Å². The van der Waals surface area contributed by atoms with Crippen LogP contribution in [-0.2, 0) is 25.6 Å². The number of carbonyl (C=O) groups excluding carboxylic acids is 2. The minimum absolute atomic E-state index is 0.177. The maximum absolute atomic E-state index is 12.7. The number of carbonyl (C=O) groups is 2. The highest BCUT2D eigenvalue weighted by Crippen LogP contribution is 2.23. The number of ether oxygens (including phenoxy) is 4. The van der Waals surface area contributed by atoms with Crippen molar-refractivity contribution in [1.82, 2.24) is 0 Å². The fraction of sp³-hybridized carbons (Fsp3) is 0.185. The van der Waals surface area contributed by atoms with Crippen LogP contribution < -0.4 is 0 Å². The van der Waals surface area contributed by atoms with Gasteiger partial charge in [-0.1, -0.05) is 66.7 Å². The molecule has 168 valence electrons. The van der Waals surface area contributed by atoms with E-state index in [-0.39, 0.29) is 6.61 Å². The molecule has 0 spiro atoms. The number of rotatable bonds is 9. The van der Waals surface area contributed by atoms with Gasteiger partial charge in [0.05, 0.1) is 24.0 Å². The first kappa shape index (κ1) is 22.3. The maximum Gasteiger partial charge on any atom is 0.338 e. The van der Waals surface area contributed by atoms with Crippen molar-refractivity contribution in [2.45, 2.75) is 24.9 Å². The molecule has 1 heterocycles. The Hall–Kier alpha value is -3.90. The zero-order valence-corrected chi connectivity index (χ0v) is 17.9. The van der Waals surface area contributed by atoms with Crippen LogP contribution in [0.1, 0.15) is 26.3 Å². The minimum atomic E-state index is -0.874. The largest absolute Gasteiger partial charge is 0.491 e. The molecule has 3 aromatic rings. The summed E-state index contributed by atoms with van der Waals surface area (Å²) < 4.78 is 22.9. The highest BCUT2D eigenvalue weighted by atomic mass is 16.6. The molecular formula is C27H24O6. The zero-order chi connectivity index (χ0) is 22.9. The molecule has 0 saturated heterocycles. The third-order valence-corrected chi connectivity index (χ3v) is 5.14. The lowest BCUT2D eigenvalue weighted by Crippen LogP contribution is -2.43. The van der Waals surface area contributed by atoms with E-state index in [1.165, 1.54) is 6.26 Å². The molecule has 6 heteroatoms. The van der Waals surface area contributed by atoms with Gasteiger partial charge in [-0.15, -0.1) is 0 Å². The Bertz CT molecular complexity index is 1070. The first-order valence-corrected chi connectivity index (χ1v) is 10.7. The van der Waals surface area contributed by atoms with Gasteiger partial charge in [-0.3, -0.25) is 0 Å². The SMILES string of the molecule is O=C(OCC(OC(=O)c1ccccc1)[C@H]1OC=C[C@H]1OCc1ccccc1)c1ccccc1. The Morgan fingerprint density at radius 2 is 1.36 bits per heavy atom. The van der Waals surface area contributed by atoms with E-state index in [2.05, 4.69) is 0 Å². The van der Waals surface area contributed by atoms with Crippen molar-refractivity contribution in [2.24, 2.45) is 0 Å². The van der Waals surface area contributed by atoms with E-state index in [0.29, 0.717) is 17.7 Å². The van der Waals surface area contributed by atoms with Gasteiger partial charge in [0, 0.05) is 0 Å². The van der Waals surface area contributed by atoms with Gasteiger partial charge in [-0.25, -0.2) is 9.59 Å². The monoisotopic (exact) mass is 444 g/mol. The lowest BCUT2D eigenvalue weighted by Gasteiger charge is -2.27. The summed E-state index contributed by atoms with van der Waals surface area (Å²) in [6, 6.07) is 27.0. The second-order valence-corrected chi connectivity index (χ2v) is 7.46. The highest BCUT2D eigenvalue weighted by Gasteiger charge is 2.37. The normalized spacial score (nSPS) is 17.7. The molecule has 1 aliphatic rings. The van der Waals surface area contributed by atoms with Gasteiger partial charge in [0.25, 0.3) is 0 Å². The molecule has 1 aliphatic heterocycles. The third-order valence-electron chi connectivity index (χ3n) is 5.14. The summed E-state index contributed by atoms with van der Waals surface area (Å²) in [5, 5.41) is 0. The molecule has 0 saturated carbocycles. The van der Waals surface area contributed by atoms with Gasteiger partial charge in [-0.05, 0) is 35.9 Å². The first-order valence-electron chi connectivity index (χ1n) is 10.7. The van der Waals surface area contributed by atoms with Crippen molar-refractivity contribution in [1.29, 1.82) is 0 Å². The number of hydrogen-bond donors (Lipinski definition) is 0. The molecule has 0 N–H and O–H groups in total. The predicted molar refractivity (Wildman–Crippen MR) is 121 cm³/mol. The van der Waals surface area contributed by atoms with Crippen LogP contribution in [0.3, 0.4) is 0 Å². The fourth-order valence-corrected chi connectivity index (χ4v) is 3.41. The first-order chi connectivity index (χ1) is 16.2. The third kappa shape index (κ3) is 6.08. The van der Waals surface area contributed by atoms with Crippen LogP contribution in [-0.4, -0.2) is 36.9 Å². The van der Waals surface area contributed by atoms with Gasteiger partial charge in [0.2, 0.25) is 0 Å². The zero-order valence-electron chi connectivity index (χ0n) is 17.9. The number of esters is 2. The van der Waals surface area contributed by atoms with E-state index in [1.807, 2.05) is 42.5 Å². The molecule has 33 heavy (non-hydrogen) atoms. The van der Waals surface area contributed by atoms with Gasteiger partial charge in [-0.2, -0.15) is 0 Å². The maximum atomic E-state index is 12.7. The van der Waals surface area contributed by atoms with Gasteiger partial charge >= 0.3 is 11.9 Å². The lowest BCUT2D eigenvalue weighted by molar-refractivity contribution is -0.0891. The molecule has 0 amide bonds. The highest BCUT2D eigenvalue weighted by molar-refractivity contribution is 5.90. The van der Waals surface area contributed by atoms with Crippen LogP contribution in [0.25, 0.3) is 0 Å². The molecule has 0 bridgehead atoms. The average Bonchev–Trinajstić information content (AvgIpc) is 3.35. The van der Waals surface area contributed by atoms with Crippen LogP contribution in [0.5, 0.6) is 0 Å². The number of benzene rings is 3. The topological polar surface area (TPSA) is 71.1 Å². The van der Waals surface area contributed by atoms with E-state index in [1.54, 1.807) is 54.6 Å². The molecule has 0 aliphatic carbocycles. The van der Waals surface area contributed by atoms with E-state index in [4.69, 9.17) is 18.9 Å². The fourth-order valence-electron chi connectivity index (χ4n) is 3.41. The van der Waals surface area contributed by atoms with Crippen LogP contribution >= 0.6 is 0 Å². The van der Waals surface area contributed by atoms with Crippen molar-refractivity contribution in [3.8, 4) is 0 Å². The van der Waals surface area contributed by atoms with E-state index in [0.717, 1.165) is 5.56 Å². The molecule has 3 atom stereocenters. The Morgan fingerprint density at radius 3 is 2.00 bits per heavy atom. The van der Waals surface area contributed by atoms with Crippen LogP contribution in [0.4, 0.5) is 0 Å². The molecule has 0 fully saturated rings. The number of hydrogen-bond acceptors (Lipinski definition) is 6. The summed E-state index contributed by atoms with van der Waals surface area (Å²) >= 11 is 0. The smallest absolute Gasteiger partial charge is 0.338 e. The van der Waals surface area contributed by atoms with Gasteiger partial charge in [0.15, 0.2) is 12.2 Å². The molecular weight excluding hydrogens is 420 g/mol. The molecule has 6 nitrogen and oxygen atoms in total. The van der Waals surface area contributed by atoms with Gasteiger partial charge in [0.1, 0.15) is 12.7 Å². The van der Waals surface area contributed by atoms with Crippen molar-refractivity contribution in [3.63, 3.8) is 0 Å². The summed E-state index contributed by atoms with van der Waals surface area (Å²) in [5.74, 6) is -1.04. The van der Waals surface area contributed by atoms with Crippen molar-refractivity contribution >= 4 is 11.9 Å². The second kappa shape index (κ2) is 11.1. The van der Waals surface area contributed by atoms with Crippen molar-refractivity contribution in [2.75, 3.05) is 6.61 Å².